The maximum absolute atomic E-state index is 13.0. The van der Waals surface area contributed by atoms with Gasteiger partial charge in [0, 0.05) is 6.21 Å². The molecule has 0 saturated carbocycles. The largest absolute Gasteiger partial charge is 0.465 e. The van der Waals surface area contributed by atoms with Crippen molar-refractivity contribution in [3.63, 3.8) is 0 Å². The van der Waals surface area contributed by atoms with Crippen molar-refractivity contribution >= 4 is 18.2 Å². The van der Waals surface area contributed by atoms with Gasteiger partial charge in [0.05, 0.1) is 13.2 Å². The Morgan fingerprint density at radius 3 is 1.39 bits per heavy atom. The highest BCUT2D eigenvalue weighted by atomic mass is 16.5. The number of carbonyl (C=O) groups excluding carboxylic acids is 2. The first-order valence-electron chi connectivity index (χ1n) is 16.1. The van der Waals surface area contributed by atoms with Gasteiger partial charge in [-0.1, -0.05) is 135 Å². The zero-order chi connectivity index (χ0) is 27.8. The number of hydrogen-bond acceptors (Lipinski definition) is 5. The highest BCUT2D eigenvalue weighted by Gasteiger charge is 2.39. The Bertz CT molecular complexity index is 684. The molecule has 220 valence electrons. The molecule has 1 aliphatic rings. The first-order valence-corrected chi connectivity index (χ1v) is 16.1. The summed E-state index contributed by atoms with van der Waals surface area (Å²) in [5.74, 6) is -1.44. The lowest BCUT2D eigenvalue weighted by atomic mass is 9.87. The molecule has 0 bridgehead atoms. The highest BCUT2D eigenvalue weighted by Crippen LogP contribution is 2.27. The molecule has 0 aromatic rings. The minimum Gasteiger partial charge on any atom is -0.465 e. The standard InChI is InChI=1S/C33H59NO4/c1-5-7-9-11-13-15-17-19-21-23-25-37-32(35)30-29(4)28(3)27-34-31(30)33(36)38-26-24-22-20-18-16-14-12-10-8-6-2/h27,30-31H,5-26H2,1-4H3. The van der Waals surface area contributed by atoms with E-state index in [1.165, 1.54) is 103 Å². The van der Waals surface area contributed by atoms with Gasteiger partial charge in [-0.2, -0.15) is 0 Å². The van der Waals surface area contributed by atoms with E-state index in [1.807, 2.05) is 13.8 Å². The summed E-state index contributed by atoms with van der Waals surface area (Å²) in [4.78, 5) is 30.1. The van der Waals surface area contributed by atoms with E-state index in [0.717, 1.165) is 36.8 Å². The second-order valence-corrected chi connectivity index (χ2v) is 11.3. The fraction of sp³-hybridized carbons (Fsp3) is 0.848. The van der Waals surface area contributed by atoms with Gasteiger partial charge in [0.25, 0.3) is 0 Å². The van der Waals surface area contributed by atoms with Gasteiger partial charge in [-0.3, -0.25) is 9.79 Å². The Morgan fingerprint density at radius 2 is 0.974 bits per heavy atom. The minimum atomic E-state index is -0.831. The highest BCUT2D eigenvalue weighted by molar-refractivity contribution is 5.93. The second-order valence-electron chi connectivity index (χ2n) is 11.3. The minimum absolute atomic E-state index is 0.351. The van der Waals surface area contributed by atoms with Crippen LogP contribution in [0.5, 0.6) is 0 Å². The van der Waals surface area contributed by atoms with Gasteiger partial charge >= 0.3 is 11.9 Å². The van der Waals surface area contributed by atoms with Crippen molar-refractivity contribution in [2.45, 2.75) is 162 Å². The van der Waals surface area contributed by atoms with E-state index in [2.05, 4.69) is 18.8 Å². The van der Waals surface area contributed by atoms with Gasteiger partial charge in [0.1, 0.15) is 5.92 Å². The second kappa shape index (κ2) is 23.3. The van der Waals surface area contributed by atoms with Crippen molar-refractivity contribution in [1.82, 2.24) is 0 Å². The van der Waals surface area contributed by atoms with Gasteiger partial charge in [-0.15, -0.1) is 0 Å². The van der Waals surface area contributed by atoms with Crippen molar-refractivity contribution < 1.29 is 19.1 Å². The maximum atomic E-state index is 13.0. The predicted octanol–water partition coefficient (Wildman–Crippen LogP) is 9.32. The number of hydrogen-bond donors (Lipinski definition) is 0. The number of ether oxygens (including phenoxy) is 2. The summed E-state index contributed by atoms with van der Waals surface area (Å²) in [5, 5.41) is 0. The third-order valence-electron chi connectivity index (χ3n) is 7.81. The third kappa shape index (κ3) is 15.7. The van der Waals surface area contributed by atoms with Crippen LogP contribution in [0.1, 0.15) is 156 Å². The lowest BCUT2D eigenvalue weighted by Crippen LogP contribution is -2.39. The summed E-state index contributed by atoms with van der Waals surface area (Å²) >= 11 is 0. The summed E-state index contributed by atoms with van der Waals surface area (Å²) in [5.41, 5.74) is 1.78. The Kier molecular flexibility index (Phi) is 21.0. The topological polar surface area (TPSA) is 65.0 Å². The number of allylic oxidation sites excluding steroid dienone is 1. The summed E-state index contributed by atoms with van der Waals surface area (Å²) in [6.07, 6.45) is 26.4. The molecule has 0 fully saturated rings. The van der Waals surface area contributed by atoms with E-state index >= 15 is 0 Å². The van der Waals surface area contributed by atoms with Crippen LogP contribution in [0.3, 0.4) is 0 Å². The molecule has 38 heavy (non-hydrogen) atoms. The van der Waals surface area contributed by atoms with E-state index < -0.39 is 17.9 Å². The van der Waals surface area contributed by atoms with Crippen molar-refractivity contribution in [3.05, 3.63) is 11.1 Å². The Balaban J connectivity index is 2.25. The molecular weight excluding hydrogens is 474 g/mol. The van der Waals surface area contributed by atoms with Crippen LogP contribution in [0.25, 0.3) is 0 Å². The third-order valence-corrected chi connectivity index (χ3v) is 7.81. The summed E-state index contributed by atoms with van der Waals surface area (Å²) < 4.78 is 11.2. The van der Waals surface area contributed by atoms with Gasteiger partial charge in [0.2, 0.25) is 0 Å². The molecule has 5 nitrogen and oxygen atoms in total. The van der Waals surface area contributed by atoms with Crippen LogP contribution in [-0.4, -0.2) is 37.4 Å². The van der Waals surface area contributed by atoms with Crippen LogP contribution in [-0.2, 0) is 19.1 Å². The van der Waals surface area contributed by atoms with E-state index in [4.69, 9.17) is 9.47 Å². The lowest BCUT2D eigenvalue weighted by Gasteiger charge is -2.26. The fourth-order valence-electron chi connectivity index (χ4n) is 5.06. The SMILES string of the molecule is CCCCCCCCCCCCOC(=O)C1N=CC(C)=C(C)C1C(=O)OCCCCCCCCCCCC. The number of esters is 2. The summed E-state index contributed by atoms with van der Waals surface area (Å²) in [7, 11) is 0. The number of rotatable bonds is 24. The maximum Gasteiger partial charge on any atom is 0.332 e. The summed E-state index contributed by atoms with van der Waals surface area (Å²) in [6, 6.07) is -0.831. The van der Waals surface area contributed by atoms with Crippen LogP contribution in [0.15, 0.2) is 16.1 Å². The Morgan fingerprint density at radius 1 is 0.605 bits per heavy atom. The fourth-order valence-corrected chi connectivity index (χ4v) is 5.06. The van der Waals surface area contributed by atoms with Gasteiger partial charge in [-0.05, 0) is 32.3 Å². The van der Waals surface area contributed by atoms with Gasteiger partial charge in [-0.25, -0.2) is 4.79 Å². The number of aliphatic imine (C=N–C) groups is 1. The molecule has 1 aliphatic heterocycles. The van der Waals surface area contributed by atoms with Gasteiger partial charge < -0.3 is 9.47 Å². The molecule has 0 aromatic heterocycles. The quantitative estimate of drug-likeness (QED) is 0.0915. The molecule has 0 amide bonds. The molecule has 2 unspecified atom stereocenters. The molecule has 0 aliphatic carbocycles. The molecule has 0 radical (unpaired) electrons. The molecule has 0 spiro atoms. The molecule has 1 rings (SSSR count). The first-order chi connectivity index (χ1) is 18.5. The predicted molar refractivity (Wildman–Crippen MR) is 160 cm³/mol. The zero-order valence-electron chi connectivity index (χ0n) is 25.4. The molecule has 0 aromatic carbocycles. The lowest BCUT2D eigenvalue weighted by molar-refractivity contribution is -0.155. The van der Waals surface area contributed by atoms with Gasteiger partial charge in [0.15, 0.2) is 6.04 Å². The average molecular weight is 534 g/mol. The van der Waals surface area contributed by atoms with Crippen LogP contribution < -0.4 is 0 Å². The van der Waals surface area contributed by atoms with Crippen molar-refractivity contribution in [3.8, 4) is 0 Å². The monoisotopic (exact) mass is 533 g/mol. The number of nitrogens with zero attached hydrogens (tertiary/aromatic N) is 1. The Hall–Kier alpha value is -1.65. The van der Waals surface area contributed by atoms with Crippen molar-refractivity contribution in [2.75, 3.05) is 13.2 Å². The molecular formula is C33H59NO4. The molecule has 0 saturated heterocycles. The molecule has 0 N–H and O–H groups in total. The molecule has 2 atom stereocenters. The number of carbonyl (C=O) groups is 2. The average Bonchev–Trinajstić information content (AvgIpc) is 2.91. The van der Waals surface area contributed by atoms with Crippen molar-refractivity contribution in [1.29, 1.82) is 0 Å². The molecule has 1 heterocycles. The van der Waals surface area contributed by atoms with Crippen LogP contribution in [0, 0.1) is 5.92 Å². The van der Waals surface area contributed by atoms with E-state index in [0.29, 0.717) is 13.2 Å². The van der Waals surface area contributed by atoms with E-state index in [9.17, 15) is 9.59 Å². The van der Waals surface area contributed by atoms with Crippen LogP contribution in [0.2, 0.25) is 0 Å². The molecule has 5 heteroatoms. The van der Waals surface area contributed by atoms with E-state index in [-0.39, 0.29) is 5.97 Å². The Labute approximate surface area is 234 Å². The van der Waals surface area contributed by atoms with Crippen molar-refractivity contribution in [2.24, 2.45) is 10.9 Å². The normalized spacial score (nSPS) is 17.2. The smallest absolute Gasteiger partial charge is 0.332 e. The van der Waals surface area contributed by atoms with E-state index in [1.54, 1.807) is 6.21 Å². The first kappa shape index (κ1) is 34.4. The zero-order valence-corrected chi connectivity index (χ0v) is 25.4. The summed E-state index contributed by atoms with van der Waals surface area (Å²) in [6.45, 7) is 9.12. The van der Waals surface area contributed by atoms with Crippen LogP contribution >= 0.6 is 0 Å². The van der Waals surface area contributed by atoms with Crippen LogP contribution in [0.4, 0.5) is 0 Å². The number of dihydropyridines is 1. The number of unbranched alkanes of at least 4 members (excludes halogenated alkanes) is 18.